The van der Waals surface area contributed by atoms with Crippen molar-refractivity contribution in [3.63, 3.8) is 0 Å². The zero-order chi connectivity index (χ0) is 22.4. The third-order valence-corrected chi connectivity index (χ3v) is 9.05. The summed E-state index contributed by atoms with van der Waals surface area (Å²) in [7, 11) is 2.00. The Morgan fingerprint density at radius 3 is 2.81 bits per heavy atom. The standard InChI is InChI=1S/C26H40N5.ClH/c1-18(12-15-31-17-30(6)24-22(31)23(27)28-16-29-24)10-13-25(4)20(3)11-14-26(5)19(2)8-7-9-21(25)26;/h8,12,16-17,20-21H,7,9-11,13-15H2,1-6H3,(H2,27,28,29);1H/q+1;/p-1/b18-12+;/t20-,21-,25+,26-;/m0./s1. The van der Waals surface area contributed by atoms with E-state index in [0.29, 0.717) is 16.6 Å². The Hall–Kier alpha value is -1.88. The zero-order valence-corrected chi connectivity index (χ0v) is 21.4. The minimum absolute atomic E-state index is 0. The maximum absolute atomic E-state index is 6.14. The summed E-state index contributed by atoms with van der Waals surface area (Å²) in [6, 6.07) is 0. The lowest BCUT2D eigenvalue weighted by atomic mass is 9.47. The van der Waals surface area contributed by atoms with Crippen molar-refractivity contribution in [3.8, 4) is 0 Å². The van der Waals surface area contributed by atoms with Gasteiger partial charge in [0.05, 0.1) is 13.6 Å². The second-order valence-corrected chi connectivity index (χ2v) is 10.7. The molecule has 4 atom stereocenters. The van der Waals surface area contributed by atoms with Crippen LogP contribution in [0, 0.1) is 22.7 Å². The molecule has 6 heteroatoms. The Morgan fingerprint density at radius 2 is 2.06 bits per heavy atom. The second kappa shape index (κ2) is 9.17. The van der Waals surface area contributed by atoms with Crippen molar-refractivity contribution in [2.75, 3.05) is 5.73 Å². The Kier molecular flexibility index (Phi) is 7.09. The largest absolute Gasteiger partial charge is 1.00 e. The molecule has 176 valence electrons. The molecule has 4 rings (SSSR count). The number of nitrogens with zero attached hydrogens (tertiary/aromatic N) is 4. The molecule has 0 aliphatic heterocycles. The number of allylic oxidation sites excluding steroid dienone is 4. The van der Waals surface area contributed by atoms with Gasteiger partial charge >= 0.3 is 5.65 Å². The number of aryl methyl sites for hydroxylation is 1. The van der Waals surface area contributed by atoms with Crippen LogP contribution < -0.4 is 22.7 Å². The molecule has 5 nitrogen and oxygen atoms in total. The van der Waals surface area contributed by atoms with Gasteiger partial charge in [-0.25, -0.2) is 4.57 Å². The van der Waals surface area contributed by atoms with E-state index in [0.717, 1.165) is 36.0 Å². The van der Waals surface area contributed by atoms with Crippen molar-refractivity contribution < 1.29 is 17.0 Å². The Morgan fingerprint density at radius 1 is 1.31 bits per heavy atom. The Bertz CT molecular complexity index is 1040. The van der Waals surface area contributed by atoms with Crippen molar-refractivity contribution >= 4 is 17.0 Å². The molecule has 2 aliphatic carbocycles. The molecule has 2 N–H and O–H groups in total. The van der Waals surface area contributed by atoms with Gasteiger partial charge < -0.3 is 18.1 Å². The molecule has 0 radical (unpaired) electrons. The summed E-state index contributed by atoms with van der Waals surface area (Å²) in [5, 5.41) is 0. The minimum atomic E-state index is 0. The number of nitrogen functional groups attached to an aromatic ring is 1. The Balaban J connectivity index is 0.00000289. The van der Waals surface area contributed by atoms with Crippen LogP contribution in [0.1, 0.15) is 73.1 Å². The summed E-state index contributed by atoms with van der Waals surface area (Å²) < 4.78 is 4.17. The SMILES string of the molecule is CC1=CCC[C@H]2[C@](C)(CC/C(C)=C/Cn3c[n+](C)c4ncnc(N)c43)[C@@H](C)CC[C@@]12C.[Cl-]. The van der Waals surface area contributed by atoms with Gasteiger partial charge in [0, 0.05) is 0 Å². The molecular weight excluding hydrogens is 418 g/mol. The van der Waals surface area contributed by atoms with Gasteiger partial charge in [0.1, 0.15) is 0 Å². The van der Waals surface area contributed by atoms with Crippen LogP contribution in [0.3, 0.4) is 0 Å². The maximum atomic E-state index is 6.14. The fourth-order valence-electron chi connectivity index (χ4n) is 6.53. The van der Waals surface area contributed by atoms with Crippen molar-refractivity contribution in [1.29, 1.82) is 0 Å². The number of aromatic nitrogens is 4. The van der Waals surface area contributed by atoms with E-state index in [4.69, 9.17) is 5.73 Å². The lowest BCUT2D eigenvalue weighted by molar-refractivity contribution is -0.647. The molecular formula is C26H40ClN5. The van der Waals surface area contributed by atoms with Crippen LogP contribution in [-0.4, -0.2) is 14.5 Å². The number of anilines is 1. The van der Waals surface area contributed by atoms with Gasteiger partial charge in [-0.1, -0.05) is 49.1 Å². The molecule has 32 heavy (non-hydrogen) atoms. The van der Waals surface area contributed by atoms with E-state index in [2.05, 4.69) is 67.6 Å². The van der Waals surface area contributed by atoms with E-state index < -0.39 is 0 Å². The molecule has 0 saturated heterocycles. The van der Waals surface area contributed by atoms with Crippen LogP contribution in [0.5, 0.6) is 0 Å². The molecule has 2 aliphatic rings. The highest BCUT2D eigenvalue weighted by molar-refractivity contribution is 5.79. The van der Waals surface area contributed by atoms with Crippen LogP contribution >= 0.6 is 0 Å². The van der Waals surface area contributed by atoms with Gasteiger partial charge in [-0.05, 0) is 75.0 Å². The first-order valence-corrected chi connectivity index (χ1v) is 11.9. The van der Waals surface area contributed by atoms with E-state index in [1.165, 1.54) is 44.0 Å². The molecule has 1 fully saturated rings. The highest BCUT2D eigenvalue weighted by Gasteiger charge is 2.52. The van der Waals surface area contributed by atoms with E-state index >= 15 is 0 Å². The summed E-state index contributed by atoms with van der Waals surface area (Å²) in [6.07, 6.45) is 16.2. The molecule has 0 spiro atoms. The second-order valence-electron chi connectivity index (χ2n) is 10.7. The number of nitrogens with two attached hydrogens (primary N) is 1. The molecule has 2 heterocycles. The van der Waals surface area contributed by atoms with Crippen molar-refractivity contribution in [2.24, 2.45) is 29.7 Å². The van der Waals surface area contributed by atoms with E-state index in [1.807, 2.05) is 11.6 Å². The van der Waals surface area contributed by atoms with Gasteiger partial charge in [0.15, 0.2) is 18.5 Å². The third kappa shape index (κ3) is 4.09. The molecule has 2 aromatic rings. The smallest absolute Gasteiger partial charge is 0.307 e. The normalized spacial score (nSPS) is 30.6. The van der Waals surface area contributed by atoms with Crippen molar-refractivity contribution in [2.45, 2.75) is 79.7 Å². The summed E-state index contributed by atoms with van der Waals surface area (Å²) >= 11 is 0. The lowest BCUT2D eigenvalue weighted by Crippen LogP contribution is -3.00. The quantitative estimate of drug-likeness (QED) is 0.553. The average Bonchev–Trinajstić information content (AvgIpc) is 3.07. The predicted octanol–water partition coefficient (Wildman–Crippen LogP) is 2.37. The van der Waals surface area contributed by atoms with E-state index in [1.54, 1.807) is 5.57 Å². The molecule has 2 aromatic heterocycles. The minimum Gasteiger partial charge on any atom is -1.00 e. The van der Waals surface area contributed by atoms with Crippen LogP contribution in [0.25, 0.3) is 11.2 Å². The average molecular weight is 458 g/mol. The first-order valence-electron chi connectivity index (χ1n) is 11.9. The van der Waals surface area contributed by atoms with Gasteiger partial charge in [-0.2, -0.15) is 4.98 Å². The number of imidazole rings is 1. The molecule has 0 aromatic carbocycles. The summed E-state index contributed by atoms with van der Waals surface area (Å²) in [5.74, 6) is 2.12. The molecule has 0 amide bonds. The maximum Gasteiger partial charge on any atom is 0.307 e. The lowest BCUT2D eigenvalue weighted by Gasteiger charge is -2.58. The number of rotatable bonds is 5. The number of halogens is 1. The number of fused-ring (bicyclic) bond motifs is 2. The van der Waals surface area contributed by atoms with Crippen LogP contribution in [0.15, 0.2) is 36.0 Å². The highest BCUT2D eigenvalue weighted by atomic mass is 35.5. The Labute approximate surface area is 199 Å². The molecule has 1 saturated carbocycles. The summed E-state index contributed by atoms with van der Waals surface area (Å²) in [6.45, 7) is 13.1. The van der Waals surface area contributed by atoms with Gasteiger partial charge in [-0.3, -0.25) is 4.57 Å². The predicted molar refractivity (Wildman–Crippen MR) is 127 cm³/mol. The first kappa shape index (κ1) is 24.8. The van der Waals surface area contributed by atoms with Crippen molar-refractivity contribution in [1.82, 2.24) is 14.5 Å². The van der Waals surface area contributed by atoms with Crippen LogP contribution in [0.4, 0.5) is 5.82 Å². The summed E-state index contributed by atoms with van der Waals surface area (Å²) in [4.78, 5) is 8.56. The molecule has 0 unspecified atom stereocenters. The van der Waals surface area contributed by atoms with Crippen molar-refractivity contribution in [3.05, 3.63) is 36.0 Å². The third-order valence-electron chi connectivity index (χ3n) is 9.05. The van der Waals surface area contributed by atoms with E-state index in [9.17, 15) is 0 Å². The number of hydrogen-bond donors (Lipinski definition) is 1. The molecule has 0 bridgehead atoms. The fourth-order valence-corrected chi connectivity index (χ4v) is 6.53. The topological polar surface area (TPSA) is 60.6 Å². The monoisotopic (exact) mass is 457 g/mol. The van der Waals surface area contributed by atoms with Crippen LogP contribution in [0.2, 0.25) is 0 Å². The zero-order valence-electron chi connectivity index (χ0n) is 20.7. The van der Waals surface area contributed by atoms with Gasteiger partial charge in [0.2, 0.25) is 5.52 Å². The number of hydrogen-bond acceptors (Lipinski definition) is 3. The van der Waals surface area contributed by atoms with Crippen LogP contribution in [-0.2, 0) is 13.6 Å². The first-order chi connectivity index (χ1) is 14.7. The van der Waals surface area contributed by atoms with Gasteiger partial charge in [0.25, 0.3) is 0 Å². The highest BCUT2D eigenvalue weighted by Crippen LogP contribution is 2.61. The van der Waals surface area contributed by atoms with Gasteiger partial charge in [-0.15, -0.1) is 0 Å². The summed E-state index contributed by atoms with van der Waals surface area (Å²) in [5.41, 5.74) is 11.8. The fraction of sp³-hybridized carbons (Fsp3) is 0.654. The van der Waals surface area contributed by atoms with E-state index in [-0.39, 0.29) is 12.4 Å².